The summed E-state index contributed by atoms with van der Waals surface area (Å²) in [4.78, 5) is 6.82. The van der Waals surface area contributed by atoms with Crippen LogP contribution in [0.15, 0.2) is 12.1 Å². The van der Waals surface area contributed by atoms with Gasteiger partial charge in [-0.1, -0.05) is 0 Å². The van der Waals surface area contributed by atoms with Crippen molar-refractivity contribution in [3.8, 4) is 11.5 Å². The number of benzene rings is 1. The van der Waals surface area contributed by atoms with Crippen LogP contribution in [-0.2, 0) is 6.42 Å². The fourth-order valence-electron chi connectivity index (χ4n) is 2.68. The summed E-state index contributed by atoms with van der Waals surface area (Å²) < 4.78 is 10.9. The standard InChI is InChI=1S/C16H23N3O2/c1-10-12(6-7-17)16(19(2)3)13-8-11(20-4)9-14(21-5)15(13)18-10/h8-9H,6-7,17H2,1-5H3. The number of aromatic nitrogens is 1. The second-order valence-corrected chi connectivity index (χ2v) is 5.18. The second-order valence-electron chi connectivity index (χ2n) is 5.18. The molecule has 1 aromatic heterocycles. The number of ether oxygens (including phenoxy) is 2. The van der Waals surface area contributed by atoms with E-state index in [1.165, 1.54) is 5.56 Å². The lowest BCUT2D eigenvalue weighted by atomic mass is 10.0. The van der Waals surface area contributed by atoms with Crippen LogP contribution in [0.1, 0.15) is 11.3 Å². The maximum atomic E-state index is 5.76. The maximum Gasteiger partial charge on any atom is 0.148 e. The normalized spacial score (nSPS) is 10.8. The van der Waals surface area contributed by atoms with Crippen molar-refractivity contribution < 1.29 is 9.47 Å². The lowest BCUT2D eigenvalue weighted by Gasteiger charge is -2.22. The molecule has 0 bridgehead atoms. The Morgan fingerprint density at radius 1 is 1.19 bits per heavy atom. The molecule has 0 amide bonds. The van der Waals surface area contributed by atoms with Gasteiger partial charge in [-0.15, -0.1) is 0 Å². The largest absolute Gasteiger partial charge is 0.497 e. The van der Waals surface area contributed by atoms with Crippen molar-refractivity contribution >= 4 is 16.6 Å². The lowest BCUT2D eigenvalue weighted by molar-refractivity contribution is 0.397. The Hall–Kier alpha value is -2.01. The molecule has 0 aliphatic heterocycles. The second kappa shape index (κ2) is 6.18. The molecule has 2 aromatic rings. The summed E-state index contributed by atoms with van der Waals surface area (Å²) in [6, 6.07) is 3.86. The molecular weight excluding hydrogens is 266 g/mol. The van der Waals surface area contributed by atoms with Crippen LogP contribution in [0.5, 0.6) is 11.5 Å². The van der Waals surface area contributed by atoms with Crippen molar-refractivity contribution in [2.45, 2.75) is 13.3 Å². The molecule has 1 aromatic carbocycles. The third-order valence-electron chi connectivity index (χ3n) is 3.60. The minimum Gasteiger partial charge on any atom is -0.497 e. The number of aryl methyl sites for hydroxylation is 1. The molecule has 2 rings (SSSR count). The molecule has 21 heavy (non-hydrogen) atoms. The van der Waals surface area contributed by atoms with Crippen LogP contribution >= 0.6 is 0 Å². The molecule has 0 saturated carbocycles. The summed E-state index contributed by atoms with van der Waals surface area (Å²) in [7, 11) is 7.35. The number of hydrogen-bond acceptors (Lipinski definition) is 5. The molecule has 0 aliphatic rings. The quantitative estimate of drug-likeness (QED) is 0.913. The van der Waals surface area contributed by atoms with E-state index in [2.05, 4.69) is 4.90 Å². The fourth-order valence-corrected chi connectivity index (χ4v) is 2.68. The molecule has 2 N–H and O–H groups in total. The van der Waals surface area contributed by atoms with E-state index in [-0.39, 0.29) is 0 Å². The molecule has 114 valence electrons. The third-order valence-corrected chi connectivity index (χ3v) is 3.60. The van der Waals surface area contributed by atoms with Crippen molar-refractivity contribution in [1.29, 1.82) is 0 Å². The van der Waals surface area contributed by atoms with Gasteiger partial charge in [-0.2, -0.15) is 0 Å². The maximum absolute atomic E-state index is 5.76. The molecule has 0 radical (unpaired) electrons. The van der Waals surface area contributed by atoms with Crippen molar-refractivity contribution in [3.05, 3.63) is 23.4 Å². The van der Waals surface area contributed by atoms with Gasteiger partial charge in [-0.05, 0) is 31.5 Å². The Labute approximate surface area is 125 Å². The van der Waals surface area contributed by atoms with Crippen molar-refractivity contribution in [1.82, 2.24) is 4.98 Å². The van der Waals surface area contributed by atoms with E-state index in [1.807, 2.05) is 33.2 Å². The SMILES string of the molecule is COc1cc(OC)c2nc(C)c(CCN)c(N(C)C)c2c1. The zero-order valence-corrected chi connectivity index (χ0v) is 13.4. The zero-order valence-electron chi connectivity index (χ0n) is 13.4. The Kier molecular flexibility index (Phi) is 4.53. The van der Waals surface area contributed by atoms with Crippen molar-refractivity contribution in [2.75, 3.05) is 39.8 Å². The number of anilines is 1. The highest BCUT2D eigenvalue weighted by molar-refractivity contribution is 5.98. The minimum absolute atomic E-state index is 0.593. The number of nitrogens with two attached hydrogens (primary N) is 1. The predicted octanol–water partition coefficient (Wildman–Crippen LogP) is 2.13. The highest BCUT2D eigenvalue weighted by Crippen LogP contribution is 2.38. The van der Waals surface area contributed by atoms with E-state index < -0.39 is 0 Å². The summed E-state index contributed by atoms with van der Waals surface area (Å²) in [5.74, 6) is 1.47. The monoisotopic (exact) mass is 289 g/mol. The van der Waals surface area contributed by atoms with Crippen LogP contribution in [0, 0.1) is 6.92 Å². The Balaban J connectivity index is 2.89. The Morgan fingerprint density at radius 2 is 1.90 bits per heavy atom. The van der Waals surface area contributed by atoms with Crippen molar-refractivity contribution in [2.24, 2.45) is 5.73 Å². The summed E-state index contributed by atoms with van der Waals surface area (Å²) in [6.45, 7) is 2.61. The van der Waals surface area contributed by atoms with E-state index in [4.69, 9.17) is 20.2 Å². The van der Waals surface area contributed by atoms with Gasteiger partial charge in [-0.25, -0.2) is 4.98 Å². The van der Waals surface area contributed by atoms with Crippen LogP contribution in [-0.4, -0.2) is 39.8 Å². The fraction of sp³-hybridized carbons (Fsp3) is 0.438. The van der Waals surface area contributed by atoms with Crippen molar-refractivity contribution in [3.63, 3.8) is 0 Å². The first-order valence-electron chi connectivity index (χ1n) is 6.96. The Bertz CT molecular complexity index is 654. The molecule has 0 atom stereocenters. The Morgan fingerprint density at radius 3 is 2.43 bits per heavy atom. The lowest BCUT2D eigenvalue weighted by Crippen LogP contribution is -2.16. The van der Waals surface area contributed by atoms with E-state index >= 15 is 0 Å². The molecular formula is C16H23N3O2. The van der Waals surface area contributed by atoms with Gasteiger partial charge in [0.2, 0.25) is 0 Å². The van der Waals surface area contributed by atoms with Gasteiger partial charge in [0.05, 0.1) is 19.9 Å². The first-order valence-corrected chi connectivity index (χ1v) is 6.96. The van der Waals surface area contributed by atoms with Gasteiger partial charge in [-0.3, -0.25) is 0 Å². The highest BCUT2D eigenvalue weighted by atomic mass is 16.5. The molecule has 5 nitrogen and oxygen atoms in total. The van der Waals surface area contributed by atoms with Crippen LogP contribution in [0.25, 0.3) is 10.9 Å². The van der Waals surface area contributed by atoms with Gasteiger partial charge < -0.3 is 20.1 Å². The predicted molar refractivity (Wildman–Crippen MR) is 86.7 cm³/mol. The summed E-state index contributed by atoms with van der Waals surface area (Å²) in [5, 5.41) is 1.02. The van der Waals surface area contributed by atoms with E-state index in [0.29, 0.717) is 6.54 Å². The van der Waals surface area contributed by atoms with Crippen LogP contribution in [0.2, 0.25) is 0 Å². The third kappa shape index (κ3) is 2.74. The molecule has 0 spiro atoms. The van der Waals surface area contributed by atoms with Gasteiger partial charge in [0.1, 0.15) is 17.0 Å². The van der Waals surface area contributed by atoms with E-state index in [1.54, 1.807) is 14.2 Å². The molecule has 0 fully saturated rings. The molecule has 5 heteroatoms. The van der Waals surface area contributed by atoms with Crippen LogP contribution < -0.4 is 20.1 Å². The number of rotatable bonds is 5. The topological polar surface area (TPSA) is 60.6 Å². The van der Waals surface area contributed by atoms with Gasteiger partial charge in [0.15, 0.2) is 0 Å². The average Bonchev–Trinajstić information content (AvgIpc) is 2.46. The first kappa shape index (κ1) is 15.4. The molecule has 0 saturated heterocycles. The molecule has 1 heterocycles. The van der Waals surface area contributed by atoms with Gasteiger partial charge in [0.25, 0.3) is 0 Å². The summed E-state index contributed by atoms with van der Waals surface area (Å²) >= 11 is 0. The number of hydrogen-bond donors (Lipinski definition) is 1. The smallest absolute Gasteiger partial charge is 0.148 e. The number of fused-ring (bicyclic) bond motifs is 1. The molecule has 0 aliphatic carbocycles. The van der Waals surface area contributed by atoms with E-state index in [0.717, 1.165) is 40.2 Å². The number of nitrogens with zero attached hydrogens (tertiary/aromatic N) is 2. The first-order chi connectivity index (χ1) is 10.0. The van der Waals surface area contributed by atoms with E-state index in [9.17, 15) is 0 Å². The zero-order chi connectivity index (χ0) is 15.6. The van der Waals surface area contributed by atoms with Crippen LogP contribution in [0.4, 0.5) is 5.69 Å². The van der Waals surface area contributed by atoms with Gasteiger partial charge >= 0.3 is 0 Å². The number of pyridine rings is 1. The summed E-state index contributed by atoms with van der Waals surface area (Å²) in [5.41, 5.74) is 9.89. The highest BCUT2D eigenvalue weighted by Gasteiger charge is 2.17. The molecule has 0 unspecified atom stereocenters. The minimum atomic E-state index is 0.593. The summed E-state index contributed by atoms with van der Waals surface area (Å²) in [6.07, 6.45) is 0.793. The average molecular weight is 289 g/mol. The number of methoxy groups -OCH3 is 2. The van der Waals surface area contributed by atoms with Gasteiger partial charge in [0, 0.05) is 31.2 Å². The van der Waals surface area contributed by atoms with Crippen LogP contribution in [0.3, 0.4) is 0 Å².